The number of rotatable bonds is 4. The molecule has 1 N–H and O–H groups in total. The van der Waals surface area contributed by atoms with E-state index in [1.54, 1.807) is 6.07 Å². The van der Waals surface area contributed by atoms with E-state index in [0.29, 0.717) is 28.7 Å². The standard InChI is InChI=1S/C15H20F2N2S/c1-10-8-18-12(11-6-7-11)9-19(10)13-4-2-3-5-14(13)20-15(16)17/h2-5,10-12,15,18H,6-9H2,1H3. The molecule has 2 nitrogen and oxygen atoms in total. The Morgan fingerprint density at radius 3 is 2.75 bits per heavy atom. The molecule has 1 aromatic carbocycles. The van der Waals surface area contributed by atoms with Crippen LogP contribution in [0.5, 0.6) is 0 Å². The average Bonchev–Trinajstić information content (AvgIpc) is 3.24. The van der Waals surface area contributed by atoms with Crippen LogP contribution < -0.4 is 10.2 Å². The van der Waals surface area contributed by atoms with Crippen molar-refractivity contribution in [2.45, 2.75) is 42.5 Å². The van der Waals surface area contributed by atoms with Crippen LogP contribution in [-0.4, -0.2) is 30.9 Å². The SMILES string of the molecule is CC1CNC(C2CC2)CN1c1ccccc1SC(F)F. The van der Waals surface area contributed by atoms with Crippen molar-refractivity contribution in [1.82, 2.24) is 5.32 Å². The topological polar surface area (TPSA) is 15.3 Å². The normalized spacial score (nSPS) is 27.1. The van der Waals surface area contributed by atoms with Crippen molar-refractivity contribution >= 4 is 17.4 Å². The molecule has 1 aliphatic heterocycles. The zero-order valence-corrected chi connectivity index (χ0v) is 12.4. The van der Waals surface area contributed by atoms with Gasteiger partial charge in [-0.05, 0) is 37.8 Å². The van der Waals surface area contributed by atoms with Crippen molar-refractivity contribution in [3.05, 3.63) is 24.3 Å². The highest BCUT2D eigenvalue weighted by Gasteiger charge is 2.36. The van der Waals surface area contributed by atoms with Gasteiger partial charge in [0.05, 0.1) is 5.69 Å². The number of piperazine rings is 1. The second kappa shape index (κ2) is 5.90. The molecule has 1 saturated heterocycles. The number of halogens is 2. The van der Waals surface area contributed by atoms with Crippen LogP contribution in [0.25, 0.3) is 0 Å². The summed E-state index contributed by atoms with van der Waals surface area (Å²) >= 11 is 0.651. The molecule has 110 valence electrons. The van der Waals surface area contributed by atoms with Crippen LogP contribution in [-0.2, 0) is 0 Å². The highest BCUT2D eigenvalue weighted by molar-refractivity contribution is 7.99. The van der Waals surface area contributed by atoms with Gasteiger partial charge >= 0.3 is 0 Å². The summed E-state index contributed by atoms with van der Waals surface area (Å²) in [6, 6.07) is 8.38. The van der Waals surface area contributed by atoms with Crippen LogP contribution in [0.4, 0.5) is 14.5 Å². The lowest BCUT2D eigenvalue weighted by atomic mass is 10.1. The van der Waals surface area contributed by atoms with Crippen molar-refractivity contribution < 1.29 is 8.78 Å². The fourth-order valence-corrected chi connectivity index (χ4v) is 3.58. The minimum Gasteiger partial charge on any atom is -0.365 e. The third kappa shape index (κ3) is 3.09. The largest absolute Gasteiger partial charge is 0.365 e. The lowest BCUT2D eigenvalue weighted by Crippen LogP contribution is -2.56. The molecule has 0 amide bonds. The van der Waals surface area contributed by atoms with Gasteiger partial charge in [0.15, 0.2) is 0 Å². The first-order chi connectivity index (χ1) is 9.65. The van der Waals surface area contributed by atoms with Crippen molar-refractivity contribution in [3.63, 3.8) is 0 Å². The third-order valence-electron chi connectivity index (χ3n) is 4.18. The molecule has 0 aromatic heterocycles. The van der Waals surface area contributed by atoms with Crippen LogP contribution in [0.15, 0.2) is 29.2 Å². The third-order valence-corrected chi connectivity index (χ3v) is 4.96. The summed E-state index contributed by atoms with van der Waals surface area (Å²) in [6.07, 6.45) is 2.60. The number of nitrogens with zero attached hydrogens (tertiary/aromatic N) is 1. The van der Waals surface area contributed by atoms with E-state index in [-0.39, 0.29) is 0 Å². The molecule has 1 heterocycles. The molecule has 2 atom stereocenters. The van der Waals surface area contributed by atoms with Crippen molar-refractivity contribution in [2.24, 2.45) is 5.92 Å². The van der Waals surface area contributed by atoms with Gasteiger partial charge in [0.25, 0.3) is 5.76 Å². The van der Waals surface area contributed by atoms with E-state index in [1.165, 1.54) is 12.8 Å². The summed E-state index contributed by atoms with van der Waals surface area (Å²) in [5.41, 5.74) is 0.956. The number of anilines is 1. The smallest absolute Gasteiger partial charge is 0.288 e. The Labute approximate surface area is 122 Å². The summed E-state index contributed by atoms with van der Waals surface area (Å²) in [7, 11) is 0. The first-order valence-corrected chi connectivity index (χ1v) is 8.07. The predicted octanol–water partition coefficient (Wildman–Crippen LogP) is 3.58. The second-order valence-corrected chi connectivity index (χ2v) is 6.73. The number of hydrogen-bond acceptors (Lipinski definition) is 3. The van der Waals surface area contributed by atoms with Crippen molar-refractivity contribution in [2.75, 3.05) is 18.0 Å². The van der Waals surface area contributed by atoms with E-state index in [4.69, 9.17) is 0 Å². The fourth-order valence-electron chi connectivity index (χ4n) is 2.93. The molecule has 1 aromatic rings. The van der Waals surface area contributed by atoms with E-state index < -0.39 is 5.76 Å². The van der Waals surface area contributed by atoms with Crippen LogP contribution in [0, 0.1) is 5.92 Å². The number of nitrogens with one attached hydrogen (secondary N) is 1. The summed E-state index contributed by atoms with van der Waals surface area (Å²) in [5, 5.41) is 3.59. The average molecular weight is 298 g/mol. The molecule has 5 heteroatoms. The van der Waals surface area contributed by atoms with Crippen molar-refractivity contribution in [3.8, 4) is 0 Å². The van der Waals surface area contributed by atoms with Crippen LogP contribution in [0.2, 0.25) is 0 Å². The Balaban J connectivity index is 1.82. The van der Waals surface area contributed by atoms with Gasteiger partial charge in [-0.25, -0.2) is 0 Å². The maximum atomic E-state index is 12.7. The lowest BCUT2D eigenvalue weighted by Gasteiger charge is -2.41. The Morgan fingerprint density at radius 1 is 1.30 bits per heavy atom. The number of thioether (sulfide) groups is 1. The molecule has 0 spiro atoms. The van der Waals surface area contributed by atoms with E-state index in [0.717, 1.165) is 24.7 Å². The summed E-state index contributed by atoms with van der Waals surface area (Å²) in [6.45, 7) is 4.00. The minimum absolute atomic E-state index is 0.337. The Kier molecular flexibility index (Phi) is 4.17. The van der Waals surface area contributed by atoms with Gasteiger partial charge < -0.3 is 10.2 Å². The van der Waals surface area contributed by atoms with Gasteiger partial charge in [-0.3, -0.25) is 0 Å². The van der Waals surface area contributed by atoms with Crippen LogP contribution in [0.3, 0.4) is 0 Å². The first kappa shape index (κ1) is 14.1. The zero-order chi connectivity index (χ0) is 14.1. The van der Waals surface area contributed by atoms with E-state index in [1.807, 2.05) is 18.2 Å². The van der Waals surface area contributed by atoms with E-state index in [9.17, 15) is 8.78 Å². The molecule has 2 aliphatic rings. The maximum Gasteiger partial charge on any atom is 0.288 e. The Bertz CT molecular complexity index is 465. The summed E-state index contributed by atoms with van der Waals surface area (Å²) in [5.74, 6) is -1.59. The molecule has 0 bridgehead atoms. The molecule has 2 fully saturated rings. The van der Waals surface area contributed by atoms with Gasteiger partial charge in [0.2, 0.25) is 0 Å². The second-order valence-electron chi connectivity index (χ2n) is 5.70. The molecule has 2 unspecified atom stereocenters. The van der Waals surface area contributed by atoms with Gasteiger partial charge in [-0.1, -0.05) is 23.9 Å². The monoisotopic (exact) mass is 298 g/mol. The fraction of sp³-hybridized carbons (Fsp3) is 0.600. The number of alkyl halides is 2. The molecule has 1 aliphatic carbocycles. The molecule has 0 radical (unpaired) electrons. The first-order valence-electron chi connectivity index (χ1n) is 7.19. The van der Waals surface area contributed by atoms with Gasteiger partial charge in [0.1, 0.15) is 0 Å². The summed E-state index contributed by atoms with van der Waals surface area (Å²) < 4.78 is 25.4. The molecular weight excluding hydrogens is 278 g/mol. The highest BCUT2D eigenvalue weighted by atomic mass is 32.2. The lowest BCUT2D eigenvalue weighted by molar-refractivity contribution is 0.252. The minimum atomic E-state index is -2.37. The van der Waals surface area contributed by atoms with Crippen LogP contribution in [0.1, 0.15) is 19.8 Å². The van der Waals surface area contributed by atoms with Crippen molar-refractivity contribution in [1.29, 1.82) is 0 Å². The predicted molar refractivity (Wildman–Crippen MR) is 79.6 cm³/mol. The molecular formula is C15H20F2N2S. The maximum absolute atomic E-state index is 12.7. The Morgan fingerprint density at radius 2 is 2.05 bits per heavy atom. The Hall–Kier alpha value is -0.810. The van der Waals surface area contributed by atoms with E-state index in [2.05, 4.69) is 17.1 Å². The van der Waals surface area contributed by atoms with Gasteiger partial charge in [-0.2, -0.15) is 8.78 Å². The van der Waals surface area contributed by atoms with Gasteiger partial charge in [-0.15, -0.1) is 0 Å². The molecule has 20 heavy (non-hydrogen) atoms. The van der Waals surface area contributed by atoms with Gasteiger partial charge in [0, 0.05) is 30.1 Å². The zero-order valence-electron chi connectivity index (χ0n) is 11.6. The quantitative estimate of drug-likeness (QED) is 0.855. The molecule has 1 saturated carbocycles. The highest BCUT2D eigenvalue weighted by Crippen LogP contribution is 2.38. The number of para-hydroxylation sites is 1. The number of benzene rings is 1. The summed E-state index contributed by atoms with van der Waals surface area (Å²) in [4.78, 5) is 2.98. The molecule has 3 rings (SSSR count). The number of hydrogen-bond donors (Lipinski definition) is 1. The van der Waals surface area contributed by atoms with E-state index >= 15 is 0 Å². The van der Waals surface area contributed by atoms with Crippen LogP contribution >= 0.6 is 11.8 Å².